The highest BCUT2D eigenvalue weighted by molar-refractivity contribution is 6.67. The first-order valence-corrected chi connectivity index (χ1v) is 2.79. The minimum Gasteiger partial charge on any atom is -0.341 e. The summed E-state index contributed by atoms with van der Waals surface area (Å²) in [7, 11) is 0. The molecule has 56 valence electrons. The van der Waals surface area contributed by atoms with E-state index in [1.807, 2.05) is 0 Å². The topological polar surface area (TPSA) is 45.8 Å². The van der Waals surface area contributed by atoms with Crippen molar-refractivity contribution in [2.75, 3.05) is 0 Å². The van der Waals surface area contributed by atoms with Crippen LogP contribution in [0.4, 0.5) is 0 Å². The third kappa shape index (κ3) is 1.72. The Labute approximate surface area is 69.2 Å². The maximum Gasteiger partial charge on any atom is 0.270 e. The Morgan fingerprint density at radius 1 is 1.80 bits per heavy atom. The van der Waals surface area contributed by atoms with E-state index in [0.717, 1.165) is 0 Å². The molecule has 0 atom stereocenters. The van der Waals surface area contributed by atoms with Gasteiger partial charge in [0.25, 0.3) is 5.24 Å². The summed E-state index contributed by atoms with van der Waals surface area (Å²) in [6.45, 7) is 1.71. The number of hydrogen-bond acceptors (Lipinski definition) is 2. The van der Waals surface area contributed by atoms with Gasteiger partial charge in [-0.05, 0) is 18.5 Å². The maximum atomic E-state index is 10.4. The lowest BCUT2D eigenvalue weighted by Gasteiger charge is -1.84. The van der Waals surface area contributed by atoms with Crippen molar-refractivity contribution in [3.05, 3.63) is 17.7 Å². The van der Waals surface area contributed by atoms with E-state index in [2.05, 4.69) is 9.97 Å². The third-order valence-corrected chi connectivity index (χ3v) is 1.21. The Bertz CT molecular complexity index is 233. The molecular formula is C5H6Cl2N2O. The molecule has 10 heavy (non-hydrogen) atoms. The van der Waals surface area contributed by atoms with Gasteiger partial charge in [0, 0.05) is 0 Å². The molecule has 1 aromatic heterocycles. The van der Waals surface area contributed by atoms with Gasteiger partial charge in [0.2, 0.25) is 0 Å². The Kier molecular flexibility index (Phi) is 3.39. The summed E-state index contributed by atoms with van der Waals surface area (Å²) >= 11 is 5.14. The van der Waals surface area contributed by atoms with Crippen LogP contribution in [0.1, 0.15) is 16.2 Å². The first-order valence-electron chi connectivity index (χ1n) is 2.41. The smallest absolute Gasteiger partial charge is 0.270 e. The van der Waals surface area contributed by atoms with Crippen LogP contribution < -0.4 is 0 Å². The highest BCUT2D eigenvalue weighted by atomic mass is 35.5. The van der Waals surface area contributed by atoms with Crippen LogP contribution in [0, 0.1) is 6.92 Å². The zero-order chi connectivity index (χ0) is 6.85. The molecule has 5 heteroatoms. The summed E-state index contributed by atoms with van der Waals surface area (Å²) in [5.41, 5.74) is 1.01. The van der Waals surface area contributed by atoms with Crippen LogP contribution in [0.3, 0.4) is 0 Å². The van der Waals surface area contributed by atoms with Crippen molar-refractivity contribution >= 4 is 29.3 Å². The van der Waals surface area contributed by atoms with E-state index in [9.17, 15) is 4.79 Å². The lowest BCUT2D eigenvalue weighted by molar-refractivity contribution is 0.107. The fourth-order valence-electron chi connectivity index (χ4n) is 0.562. The molecule has 0 saturated carbocycles. The summed E-state index contributed by atoms with van der Waals surface area (Å²) in [4.78, 5) is 16.8. The second-order valence-electron chi connectivity index (χ2n) is 1.64. The van der Waals surface area contributed by atoms with Gasteiger partial charge in [0.15, 0.2) is 0 Å². The van der Waals surface area contributed by atoms with E-state index in [0.29, 0.717) is 11.4 Å². The number of aryl methyl sites for hydroxylation is 1. The van der Waals surface area contributed by atoms with E-state index in [-0.39, 0.29) is 12.4 Å². The van der Waals surface area contributed by atoms with Crippen LogP contribution in [-0.2, 0) is 0 Å². The van der Waals surface area contributed by atoms with Gasteiger partial charge in [-0.15, -0.1) is 12.4 Å². The highest BCUT2D eigenvalue weighted by Crippen LogP contribution is 2.02. The normalized spacial score (nSPS) is 8.60. The molecule has 0 bridgehead atoms. The van der Waals surface area contributed by atoms with E-state index in [1.165, 1.54) is 6.33 Å². The standard InChI is InChI=1S/C5H5ClN2O.ClH/c1-3-4(5(6)9)8-2-7-3;/h2H,1H3,(H,7,8);1H. The number of halogens is 2. The number of nitrogens with one attached hydrogen (secondary N) is 1. The van der Waals surface area contributed by atoms with Gasteiger partial charge < -0.3 is 4.98 Å². The number of carbonyl (C=O) groups is 1. The van der Waals surface area contributed by atoms with E-state index < -0.39 is 5.24 Å². The second-order valence-corrected chi connectivity index (χ2v) is 1.98. The number of aromatic nitrogens is 2. The van der Waals surface area contributed by atoms with E-state index in [4.69, 9.17) is 11.6 Å². The molecule has 0 fully saturated rings. The molecule has 0 amide bonds. The molecule has 1 rings (SSSR count). The Hall–Kier alpha value is -0.540. The molecule has 0 radical (unpaired) electrons. The average Bonchev–Trinajstić information content (AvgIpc) is 2.13. The quantitative estimate of drug-likeness (QED) is 0.667. The van der Waals surface area contributed by atoms with Gasteiger partial charge >= 0.3 is 0 Å². The van der Waals surface area contributed by atoms with Crippen molar-refractivity contribution in [1.82, 2.24) is 9.97 Å². The van der Waals surface area contributed by atoms with Gasteiger partial charge in [-0.25, -0.2) is 4.98 Å². The molecule has 1 heterocycles. The summed E-state index contributed by atoms with van der Waals surface area (Å²) < 4.78 is 0. The molecule has 0 aliphatic heterocycles. The van der Waals surface area contributed by atoms with E-state index >= 15 is 0 Å². The van der Waals surface area contributed by atoms with Crippen LogP contribution in [0.2, 0.25) is 0 Å². The number of hydrogen-bond donors (Lipinski definition) is 1. The van der Waals surface area contributed by atoms with Crippen LogP contribution in [0.5, 0.6) is 0 Å². The monoisotopic (exact) mass is 180 g/mol. The largest absolute Gasteiger partial charge is 0.341 e. The average molecular weight is 181 g/mol. The molecule has 1 N–H and O–H groups in total. The minimum atomic E-state index is -0.495. The van der Waals surface area contributed by atoms with Gasteiger partial charge in [0.05, 0.1) is 12.0 Å². The van der Waals surface area contributed by atoms with Crippen molar-refractivity contribution < 1.29 is 4.79 Å². The first-order chi connectivity index (χ1) is 4.22. The molecular weight excluding hydrogens is 175 g/mol. The van der Waals surface area contributed by atoms with Crippen molar-refractivity contribution in [2.24, 2.45) is 0 Å². The fraction of sp³-hybridized carbons (Fsp3) is 0.200. The number of rotatable bonds is 1. The Balaban J connectivity index is 0.000000810. The molecule has 0 aliphatic rings. The molecule has 0 aliphatic carbocycles. The van der Waals surface area contributed by atoms with Gasteiger partial charge in [-0.3, -0.25) is 4.79 Å². The van der Waals surface area contributed by atoms with Gasteiger partial charge in [-0.2, -0.15) is 0 Å². The summed E-state index contributed by atoms with van der Waals surface area (Å²) in [5.74, 6) is 0. The van der Waals surface area contributed by atoms with Crippen molar-refractivity contribution in [1.29, 1.82) is 0 Å². The van der Waals surface area contributed by atoms with Crippen molar-refractivity contribution in [3.8, 4) is 0 Å². The third-order valence-electron chi connectivity index (χ3n) is 1.03. The van der Waals surface area contributed by atoms with Crippen molar-refractivity contribution in [3.63, 3.8) is 0 Å². The predicted octanol–water partition coefficient (Wildman–Crippen LogP) is 1.52. The van der Waals surface area contributed by atoms with Crippen LogP contribution in [-0.4, -0.2) is 15.2 Å². The first kappa shape index (κ1) is 9.46. The maximum absolute atomic E-state index is 10.4. The number of aromatic amines is 1. The summed E-state index contributed by atoms with van der Waals surface area (Å²) in [5, 5.41) is -0.495. The molecule has 1 aromatic rings. The van der Waals surface area contributed by atoms with Crippen molar-refractivity contribution in [2.45, 2.75) is 6.92 Å². The predicted molar refractivity (Wildman–Crippen MR) is 40.8 cm³/mol. The summed E-state index contributed by atoms with van der Waals surface area (Å²) in [6.07, 6.45) is 1.44. The minimum absolute atomic E-state index is 0. The molecule has 0 aromatic carbocycles. The zero-order valence-electron chi connectivity index (χ0n) is 5.22. The zero-order valence-corrected chi connectivity index (χ0v) is 6.79. The van der Waals surface area contributed by atoms with Crippen LogP contribution >= 0.6 is 24.0 Å². The number of H-pyrrole nitrogens is 1. The van der Waals surface area contributed by atoms with Crippen LogP contribution in [0.15, 0.2) is 6.33 Å². The lowest BCUT2D eigenvalue weighted by Crippen LogP contribution is -1.90. The van der Waals surface area contributed by atoms with Gasteiger partial charge in [0.1, 0.15) is 5.69 Å². The lowest BCUT2D eigenvalue weighted by atomic mass is 10.4. The Morgan fingerprint density at radius 2 is 2.40 bits per heavy atom. The van der Waals surface area contributed by atoms with Gasteiger partial charge in [-0.1, -0.05) is 0 Å². The highest BCUT2D eigenvalue weighted by Gasteiger charge is 2.05. The molecule has 0 spiro atoms. The second kappa shape index (κ2) is 3.58. The SMILES string of the molecule is Cc1nc[nH]c1C(=O)Cl.Cl. The molecule has 0 saturated heterocycles. The molecule has 0 unspecified atom stereocenters. The number of imidazole rings is 1. The fourth-order valence-corrected chi connectivity index (χ4v) is 0.753. The number of nitrogens with zero attached hydrogens (tertiary/aromatic N) is 1. The number of carbonyl (C=O) groups excluding carboxylic acids is 1. The summed E-state index contributed by atoms with van der Waals surface area (Å²) in [6, 6.07) is 0. The van der Waals surface area contributed by atoms with E-state index in [1.54, 1.807) is 6.92 Å². The van der Waals surface area contributed by atoms with Crippen LogP contribution in [0.25, 0.3) is 0 Å². The molecule has 3 nitrogen and oxygen atoms in total. The Morgan fingerprint density at radius 3 is 2.60 bits per heavy atom.